The van der Waals surface area contributed by atoms with Crippen LogP contribution < -0.4 is 10.5 Å². The third-order valence-electron chi connectivity index (χ3n) is 3.53. The fraction of sp³-hybridized carbons (Fsp3) is 0.267. The van der Waals surface area contributed by atoms with Crippen molar-refractivity contribution >= 4 is 11.6 Å². The monoisotopic (exact) mass is 269 g/mol. The van der Waals surface area contributed by atoms with Crippen molar-refractivity contribution in [3.63, 3.8) is 0 Å². The van der Waals surface area contributed by atoms with Crippen molar-refractivity contribution in [3.8, 4) is 0 Å². The van der Waals surface area contributed by atoms with Crippen molar-refractivity contribution in [2.45, 2.75) is 12.8 Å². The van der Waals surface area contributed by atoms with Crippen molar-refractivity contribution in [2.75, 3.05) is 11.4 Å². The third-order valence-corrected chi connectivity index (χ3v) is 3.53. The SMILES string of the molecule is Cn1nc(C(=O)N2CCCc3ccccc32)ccc1=O. The minimum atomic E-state index is -0.222. The molecule has 1 aromatic heterocycles. The number of hydrogen-bond donors (Lipinski definition) is 0. The summed E-state index contributed by atoms with van der Waals surface area (Å²) in [6.07, 6.45) is 1.93. The lowest BCUT2D eigenvalue weighted by Crippen LogP contribution is -2.37. The van der Waals surface area contributed by atoms with Gasteiger partial charge in [0.15, 0.2) is 0 Å². The molecular formula is C15H15N3O2. The summed E-state index contributed by atoms with van der Waals surface area (Å²) in [6, 6.07) is 10.8. The molecule has 0 fully saturated rings. The molecule has 5 heteroatoms. The Hall–Kier alpha value is -2.43. The van der Waals surface area contributed by atoms with Gasteiger partial charge >= 0.3 is 0 Å². The lowest BCUT2D eigenvalue weighted by molar-refractivity contribution is 0.0978. The van der Waals surface area contributed by atoms with Crippen LogP contribution in [0.1, 0.15) is 22.5 Å². The van der Waals surface area contributed by atoms with Gasteiger partial charge in [0.1, 0.15) is 5.69 Å². The molecule has 2 aromatic rings. The Labute approximate surface area is 116 Å². The predicted molar refractivity (Wildman–Crippen MR) is 75.9 cm³/mol. The zero-order chi connectivity index (χ0) is 14.1. The maximum atomic E-state index is 12.6. The van der Waals surface area contributed by atoms with Gasteiger partial charge in [-0.15, -0.1) is 0 Å². The van der Waals surface area contributed by atoms with E-state index in [1.807, 2.05) is 24.3 Å². The molecule has 0 saturated heterocycles. The Balaban J connectivity index is 1.99. The number of carbonyl (C=O) groups is 1. The Morgan fingerprint density at radius 3 is 2.80 bits per heavy atom. The van der Waals surface area contributed by atoms with Gasteiger partial charge in [0.2, 0.25) is 0 Å². The molecule has 1 aromatic carbocycles. The van der Waals surface area contributed by atoms with Crippen LogP contribution in [0.2, 0.25) is 0 Å². The molecule has 5 nitrogen and oxygen atoms in total. The highest BCUT2D eigenvalue weighted by molar-refractivity contribution is 6.05. The van der Waals surface area contributed by atoms with E-state index in [2.05, 4.69) is 5.10 Å². The number of carbonyl (C=O) groups excluding carboxylic acids is 1. The Bertz CT molecular complexity index is 721. The molecule has 1 aliphatic heterocycles. The van der Waals surface area contributed by atoms with E-state index in [0.717, 1.165) is 18.5 Å². The summed E-state index contributed by atoms with van der Waals surface area (Å²) in [4.78, 5) is 25.7. The number of amides is 1. The minimum absolute atomic E-state index is 0.159. The van der Waals surface area contributed by atoms with E-state index < -0.39 is 0 Å². The van der Waals surface area contributed by atoms with Crippen LogP contribution in [0.4, 0.5) is 5.69 Å². The summed E-state index contributed by atoms with van der Waals surface area (Å²) in [5, 5.41) is 4.03. The normalized spacial score (nSPS) is 13.9. The Kier molecular flexibility index (Phi) is 3.10. The second-order valence-electron chi connectivity index (χ2n) is 4.87. The van der Waals surface area contributed by atoms with Gasteiger partial charge in [-0.3, -0.25) is 9.59 Å². The van der Waals surface area contributed by atoms with Gasteiger partial charge in [0.05, 0.1) is 0 Å². The third kappa shape index (κ3) is 2.11. The first-order valence-corrected chi connectivity index (χ1v) is 6.61. The molecule has 0 aliphatic carbocycles. The molecule has 102 valence electrons. The van der Waals surface area contributed by atoms with Crippen LogP contribution in [0.3, 0.4) is 0 Å². The van der Waals surface area contributed by atoms with Crippen molar-refractivity contribution in [3.05, 3.63) is 58.0 Å². The number of benzene rings is 1. The fourth-order valence-corrected chi connectivity index (χ4v) is 2.50. The first-order chi connectivity index (χ1) is 9.66. The van der Waals surface area contributed by atoms with Gasteiger partial charge in [0.25, 0.3) is 11.5 Å². The summed E-state index contributed by atoms with van der Waals surface area (Å²) in [7, 11) is 1.54. The highest BCUT2D eigenvalue weighted by Crippen LogP contribution is 2.27. The summed E-state index contributed by atoms with van der Waals surface area (Å²) in [6.45, 7) is 0.681. The number of aromatic nitrogens is 2. The molecule has 1 amide bonds. The highest BCUT2D eigenvalue weighted by Gasteiger charge is 2.24. The summed E-state index contributed by atoms with van der Waals surface area (Å²) in [5.74, 6) is -0.159. The number of aryl methyl sites for hydroxylation is 2. The van der Waals surface area contributed by atoms with Gasteiger partial charge in [-0.1, -0.05) is 18.2 Å². The van der Waals surface area contributed by atoms with Gasteiger partial charge in [-0.2, -0.15) is 5.10 Å². The molecule has 0 spiro atoms. The first-order valence-electron chi connectivity index (χ1n) is 6.61. The minimum Gasteiger partial charge on any atom is -0.307 e. The standard InChI is InChI=1S/C15H15N3O2/c1-17-14(19)9-8-12(16-17)15(20)18-10-4-6-11-5-2-3-7-13(11)18/h2-3,5,7-9H,4,6,10H2,1H3. The lowest BCUT2D eigenvalue weighted by atomic mass is 10.0. The van der Waals surface area contributed by atoms with Crippen molar-refractivity contribution in [1.82, 2.24) is 9.78 Å². The molecule has 2 heterocycles. The molecule has 0 saturated carbocycles. The largest absolute Gasteiger partial charge is 0.307 e. The second-order valence-corrected chi connectivity index (χ2v) is 4.87. The Morgan fingerprint density at radius 2 is 2.00 bits per heavy atom. The zero-order valence-electron chi connectivity index (χ0n) is 11.2. The fourth-order valence-electron chi connectivity index (χ4n) is 2.50. The summed E-state index contributed by atoms with van der Waals surface area (Å²) < 4.78 is 1.18. The molecule has 0 atom stereocenters. The molecule has 20 heavy (non-hydrogen) atoms. The maximum Gasteiger partial charge on any atom is 0.278 e. The van der Waals surface area contributed by atoms with Crippen molar-refractivity contribution in [2.24, 2.45) is 7.05 Å². The predicted octanol–water partition coefficient (Wildman–Crippen LogP) is 1.37. The Morgan fingerprint density at radius 1 is 1.20 bits per heavy atom. The molecule has 3 rings (SSSR count). The molecule has 1 aliphatic rings. The van der Waals surface area contributed by atoms with Crippen LogP contribution >= 0.6 is 0 Å². The van der Waals surface area contributed by atoms with Crippen LogP contribution in [-0.4, -0.2) is 22.2 Å². The van der Waals surface area contributed by atoms with E-state index in [1.165, 1.54) is 22.4 Å². The van der Waals surface area contributed by atoms with Crippen LogP contribution in [0, 0.1) is 0 Å². The van der Waals surface area contributed by atoms with Crippen LogP contribution in [0.5, 0.6) is 0 Å². The van der Waals surface area contributed by atoms with Crippen LogP contribution in [0.25, 0.3) is 0 Å². The average Bonchev–Trinajstić information content (AvgIpc) is 2.49. The van der Waals surface area contributed by atoms with E-state index in [0.29, 0.717) is 12.2 Å². The quantitative estimate of drug-likeness (QED) is 0.785. The van der Waals surface area contributed by atoms with Gasteiger partial charge in [-0.25, -0.2) is 4.68 Å². The van der Waals surface area contributed by atoms with Gasteiger partial charge < -0.3 is 4.90 Å². The molecule has 0 radical (unpaired) electrons. The van der Waals surface area contributed by atoms with Crippen molar-refractivity contribution in [1.29, 1.82) is 0 Å². The van der Waals surface area contributed by atoms with Crippen LogP contribution in [-0.2, 0) is 13.5 Å². The summed E-state index contributed by atoms with van der Waals surface area (Å²) in [5.41, 5.74) is 2.20. The number of nitrogens with zero attached hydrogens (tertiary/aromatic N) is 3. The van der Waals surface area contributed by atoms with E-state index in [4.69, 9.17) is 0 Å². The number of hydrogen-bond acceptors (Lipinski definition) is 3. The number of anilines is 1. The zero-order valence-corrected chi connectivity index (χ0v) is 11.2. The van der Waals surface area contributed by atoms with Crippen LogP contribution in [0.15, 0.2) is 41.2 Å². The number of rotatable bonds is 1. The molecule has 0 N–H and O–H groups in total. The topological polar surface area (TPSA) is 55.2 Å². The van der Waals surface area contributed by atoms with Gasteiger partial charge in [0, 0.05) is 25.3 Å². The average molecular weight is 269 g/mol. The van der Waals surface area contributed by atoms with Crippen molar-refractivity contribution < 1.29 is 4.79 Å². The highest BCUT2D eigenvalue weighted by atomic mass is 16.2. The lowest BCUT2D eigenvalue weighted by Gasteiger charge is -2.29. The molecular weight excluding hydrogens is 254 g/mol. The summed E-state index contributed by atoms with van der Waals surface area (Å²) >= 11 is 0. The number of para-hydroxylation sites is 1. The second kappa shape index (κ2) is 4.92. The number of fused-ring (bicyclic) bond motifs is 1. The first kappa shape index (κ1) is 12.6. The van der Waals surface area contributed by atoms with Gasteiger partial charge in [-0.05, 0) is 30.5 Å². The molecule has 0 unspecified atom stereocenters. The molecule has 0 bridgehead atoms. The van der Waals surface area contributed by atoms with E-state index >= 15 is 0 Å². The smallest absolute Gasteiger partial charge is 0.278 e. The maximum absolute atomic E-state index is 12.6. The van der Waals surface area contributed by atoms with E-state index in [9.17, 15) is 9.59 Å². The van der Waals surface area contributed by atoms with E-state index in [1.54, 1.807) is 11.9 Å². The van der Waals surface area contributed by atoms with E-state index in [-0.39, 0.29) is 11.5 Å².